The van der Waals surface area contributed by atoms with E-state index in [0.29, 0.717) is 5.92 Å². The van der Waals surface area contributed by atoms with Crippen LogP contribution in [-0.4, -0.2) is 23.9 Å². The van der Waals surface area contributed by atoms with E-state index in [9.17, 15) is 0 Å². The van der Waals surface area contributed by atoms with Crippen molar-refractivity contribution in [3.05, 3.63) is 34.9 Å². The van der Waals surface area contributed by atoms with Gasteiger partial charge in [0.1, 0.15) is 0 Å². The fraction of sp³-hybridized carbons (Fsp3) is 0.571. The largest absolute Gasteiger partial charge is 0.299 e. The quantitative estimate of drug-likeness (QED) is 0.729. The summed E-state index contributed by atoms with van der Waals surface area (Å²) >= 11 is 5.91. The lowest BCUT2D eigenvalue weighted by atomic mass is 10.0. The Hall–Kier alpha value is -0.530. The molecule has 0 spiro atoms. The second kappa shape index (κ2) is 5.20. The molecule has 2 rings (SSSR count). The van der Waals surface area contributed by atoms with Crippen molar-refractivity contribution in [2.45, 2.75) is 26.8 Å². The summed E-state index contributed by atoms with van der Waals surface area (Å²) in [5.41, 5.74) is 4.32. The van der Waals surface area contributed by atoms with Gasteiger partial charge in [0, 0.05) is 19.0 Å². The molecular weight excluding hydrogens is 218 g/mol. The lowest BCUT2D eigenvalue weighted by molar-refractivity contribution is 0.319. The van der Waals surface area contributed by atoms with E-state index >= 15 is 0 Å². The summed E-state index contributed by atoms with van der Waals surface area (Å²) in [5.74, 6) is 1.51. The Bertz CT molecular complexity index is 342. The molecule has 1 aromatic rings. The predicted octanol–water partition coefficient (Wildman–Crippen LogP) is 3.36. The molecule has 1 nitrogen and oxygen atoms in total. The highest BCUT2D eigenvalue weighted by Gasteiger charge is 2.22. The molecule has 0 radical (unpaired) electrons. The average molecular weight is 238 g/mol. The third-order valence-electron chi connectivity index (χ3n) is 3.61. The molecule has 0 aliphatic carbocycles. The van der Waals surface area contributed by atoms with Gasteiger partial charge in [0.15, 0.2) is 0 Å². The van der Waals surface area contributed by atoms with Crippen LogP contribution in [0.5, 0.6) is 0 Å². The number of benzene rings is 1. The van der Waals surface area contributed by atoms with Crippen molar-refractivity contribution in [2.24, 2.45) is 5.92 Å². The smallest absolute Gasteiger partial charge is 0.0264 e. The normalized spacial score (nSPS) is 21.6. The van der Waals surface area contributed by atoms with E-state index in [1.54, 1.807) is 0 Å². The number of alkyl halides is 1. The first-order valence-corrected chi connectivity index (χ1v) is 6.57. The maximum atomic E-state index is 5.91. The van der Waals surface area contributed by atoms with Gasteiger partial charge in [-0.15, -0.1) is 11.6 Å². The van der Waals surface area contributed by atoms with Gasteiger partial charge in [-0.05, 0) is 49.4 Å². The Morgan fingerprint density at radius 1 is 1.31 bits per heavy atom. The maximum absolute atomic E-state index is 5.91. The molecule has 0 aromatic heterocycles. The summed E-state index contributed by atoms with van der Waals surface area (Å²) in [7, 11) is 0. The summed E-state index contributed by atoms with van der Waals surface area (Å²) in [6, 6.07) is 6.55. The molecule has 1 aromatic carbocycles. The minimum atomic E-state index is 0.700. The molecule has 0 amide bonds. The van der Waals surface area contributed by atoms with Crippen molar-refractivity contribution >= 4 is 11.6 Å². The zero-order chi connectivity index (χ0) is 11.5. The number of halogens is 1. The van der Waals surface area contributed by atoms with E-state index in [-0.39, 0.29) is 0 Å². The van der Waals surface area contributed by atoms with Crippen LogP contribution in [0.4, 0.5) is 0 Å². The van der Waals surface area contributed by atoms with Crippen LogP contribution in [0.2, 0.25) is 0 Å². The minimum Gasteiger partial charge on any atom is -0.299 e. The van der Waals surface area contributed by atoms with Gasteiger partial charge in [0.25, 0.3) is 0 Å². The minimum absolute atomic E-state index is 0.700. The van der Waals surface area contributed by atoms with Crippen LogP contribution in [0.1, 0.15) is 23.1 Å². The lowest BCUT2D eigenvalue weighted by Crippen LogP contribution is -2.21. The van der Waals surface area contributed by atoms with Gasteiger partial charge < -0.3 is 0 Å². The lowest BCUT2D eigenvalue weighted by Gasteiger charge is -2.18. The van der Waals surface area contributed by atoms with Crippen LogP contribution in [-0.2, 0) is 6.54 Å². The van der Waals surface area contributed by atoms with E-state index in [2.05, 4.69) is 36.9 Å². The first-order valence-electron chi connectivity index (χ1n) is 6.04. The van der Waals surface area contributed by atoms with Gasteiger partial charge >= 0.3 is 0 Å². The van der Waals surface area contributed by atoms with Gasteiger partial charge in [-0.25, -0.2) is 0 Å². The molecule has 1 aliphatic rings. The third kappa shape index (κ3) is 2.58. The monoisotopic (exact) mass is 237 g/mol. The number of likely N-dealkylation sites (tertiary alicyclic amines) is 1. The molecule has 0 N–H and O–H groups in total. The second-order valence-corrected chi connectivity index (χ2v) is 5.22. The Morgan fingerprint density at radius 3 is 2.56 bits per heavy atom. The number of hydrogen-bond acceptors (Lipinski definition) is 1. The van der Waals surface area contributed by atoms with E-state index < -0.39 is 0 Å². The molecule has 1 unspecified atom stereocenters. The molecule has 0 saturated carbocycles. The van der Waals surface area contributed by atoms with Crippen LogP contribution >= 0.6 is 11.6 Å². The van der Waals surface area contributed by atoms with Crippen molar-refractivity contribution in [3.8, 4) is 0 Å². The molecule has 16 heavy (non-hydrogen) atoms. The van der Waals surface area contributed by atoms with Crippen LogP contribution in [0, 0.1) is 19.8 Å². The van der Waals surface area contributed by atoms with Crippen molar-refractivity contribution < 1.29 is 0 Å². The Balaban J connectivity index is 2.04. The highest BCUT2D eigenvalue weighted by atomic mass is 35.5. The summed E-state index contributed by atoms with van der Waals surface area (Å²) < 4.78 is 0. The van der Waals surface area contributed by atoms with E-state index in [4.69, 9.17) is 11.6 Å². The van der Waals surface area contributed by atoms with Gasteiger partial charge in [0.05, 0.1) is 0 Å². The topological polar surface area (TPSA) is 3.24 Å². The Kier molecular flexibility index (Phi) is 3.88. The van der Waals surface area contributed by atoms with Gasteiger partial charge in [0.2, 0.25) is 0 Å². The SMILES string of the molecule is Cc1cccc(C)c1CN1CCC(CCl)C1. The van der Waals surface area contributed by atoms with Gasteiger partial charge in [-0.1, -0.05) is 18.2 Å². The molecule has 1 atom stereocenters. The van der Waals surface area contributed by atoms with E-state index in [1.807, 2.05) is 0 Å². The number of aryl methyl sites for hydroxylation is 2. The summed E-state index contributed by atoms with van der Waals surface area (Å²) in [6.07, 6.45) is 1.26. The number of rotatable bonds is 3. The van der Waals surface area contributed by atoms with Gasteiger partial charge in [-0.3, -0.25) is 4.90 Å². The molecule has 88 valence electrons. The van der Waals surface area contributed by atoms with Crippen LogP contribution in [0.25, 0.3) is 0 Å². The predicted molar refractivity (Wildman–Crippen MR) is 70.0 cm³/mol. The average Bonchev–Trinajstić information content (AvgIpc) is 2.71. The van der Waals surface area contributed by atoms with E-state index in [0.717, 1.165) is 19.0 Å². The summed E-state index contributed by atoms with van der Waals surface area (Å²) in [5, 5.41) is 0. The fourth-order valence-corrected chi connectivity index (χ4v) is 2.76. The van der Waals surface area contributed by atoms with E-state index in [1.165, 1.54) is 29.7 Å². The first-order chi connectivity index (χ1) is 7.70. The molecule has 1 heterocycles. The molecule has 1 aliphatic heterocycles. The van der Waals surface area contributed by atoms with Gasteiger partial charge in [-0.2, -0.15) is 0 Å². The first kappa shape index (κ1) is 11.9. The second-order valence-electron chi connectivity index (χ2n) is 4.91. The standard InChI is InChI=1S/C14H20ClN/c1-11-4-3-5-12(2)14(11)10-16-7-6-13(8-15)9-16/h3-5,13H,6-10H2,1-2H3. The summed E-state index contributed by atoms with van der Waals surface area (Å²) in [6.45, 7) is 7.86. The number of nitrogens with zero attached hydrogens (tertiary/aromatic N) is 1. The molecule has 1 saturated heterocycles. The summed E-state index contributed by atoms with van der Waals surface area (Å²) in [4.78, 5) is 2.53. The Morgan fingerprint density at radius 2 is 2.00 bits per heavy atom. The van der Waals surface area contributed by atoms with Crippen molar-refractivity contribution in [1.29, 1.82) is 0 Å². The van der Waals surface area contributed by atoms with Crippen LogP contribution < -0.4 is 0 Å². The highest BCUT2D eigenvalue weighted by molar-refractivity contribution is 6.18. The fourth-order valence-electron chi connectivity index (χ4n) is 2.50. The third-order valence-corrected chi connectivity index (χ3v) is 4.05. The van der Waals surface area contributed by atoms with Crippen LogP contribution in [0.3, 0.4) is 0 Å². The molecule has 1 fully saturated rings. The van der Waals surface area contributed by atoms with Crippen LogP contribution in [0.15, 0.2) is 18.2 Å². The maximum Gasteiger partial charge on any atom is 0.0264 e. The zero-order valence-electron chi connectivity index (χ0n) is 10.2. The zero-order valence-corrected chi connectivity index (χ0v) is 10.9. The van der Waals surface area contributed by atoms with Crippen molar-refractivity contribution in [1.82, 2.24) is 4.90 Å². The number of hydrogen-bond donors (Lipinski definition) is 0. The highest BCUT2D eigenvalue weighted by Crippen LogP contribution is 2.22. The van der Waals surface area contributed by atoms with Crippen molar-refractivity contribution in [2.75, 3.05) is 19.0 Å². The van der Waals surface area contributed by atoms with Crippen molar-refractivity contribution in [3.63, 3.8) is 0 Å². The Labute approximate surface area is 103 Å². The molecular formula is C14H20ClN. The molecule has 2 heteroatoms. The molecule has 0 bridgehead atoms.